The second-order valence-electron chi connectivity index (χ2n) is 5.86. The highest BCUT2D eigenvalue weighted by Gasteiger charge is 2.20. The van der Waals surface area contributed by atoms with Crippen molar-refractivity contribution in [1.29, 1.82) is 0 Å². The normalized spacial score (nSPS) is 12.4. The molecule has 2 rings (SSSR count). The number of sulfonamides is 1. The molecule has 124 valence electrons. The van der Waals surface area contributed by atoms with Gasteiger partial charge in [0.15, 0.2) is 0 Å². The van der Waals surface area contributed by atoms with Gasteiger partial charge in [-0.05, 0) is 32.0 Å². The van der Waals surface area contributed by atoms with Gasteiger partial charge in [-0.2, -0.15) is 0 Å². The Morgan fingerprint density at radius 3 is 2.27 bits per heavy atom. The minimum atomic E-state index is -3.66. The zero-order chi connectivity index (χ0) is 16.0. The van der Waals surface area contributed by atoms with E-state index in [1.54, 1.807) is 34.0 Å². The van der Waals surface area contributed by atoms with Crippen LogP contribution in [-0.2, 0) is 24.1 Å². The molecule has 3 N–H and O–H groups in total. The molecule has 0 aliphatic rings. The first-order valence-corrected chi connectivity index (χ1v) is 7.95. The van der Waals surface area contributed by atoms with E-state index in [-0.39, 0.29) is 29.5 Å². The smallest absolute Gasteiger partial charge is 0.324 e. The van der Waals surface area contributed by atoms with Crippen LogP contribution in [0.15, 0.2) is 27.9 Å². The van der Waals surface area contributed by atoms with E-state index in [1.807, 2.05) is 0 Å². The number of aryl methyl sites for hydroxylation is 2. The van der Waals surface area contributed by atoms with Crippen molar-refractivity contribution in [3.8, 4) is 0 Å². The van der Waals surface area contributed by atoms with Crippen molar-refractivity contribution >= 4 is 33.5 Å². The van der Waals surface area contributed by atoms with Crippen LogP contribution in [0.25, 0.3) is 11.0 Å². The Balaban J connectivity index is 0.00000242. The number of fused-ring (bicyclic) bond motifs is 1. The van der Waals surface area contributed by atoms with E-state index in [2.05, 4.69) is 4.72 Å². The summed E-state index contributed by atoms with van der Waals surface area (Å²) in [6, 6.07) is 4.59. The summed E-state index contributed by atoms with van der Waals surface area (Å²) in [6.07, 6.45) is 0. The number of rotatable bonds is 4. The second-order valence-corrected chi connectivity index (χ2v) is 7.63. The molecule has 9 heteroatoms. The second kappa shape index (κ2) is 6.04. The van der Waals surface area contributed by atoms with Crippen molar-refractivity contribution in [3.63, 3.8) is 0 Å². The van der Waals surface area contributed by atoms with Gasteiger partial charge in [-0.3, -0.25) is 9.13 Å². The van der Waals surface area contributed by atoms with Crippen LogP contribution < -0.4 is 16.1 Å². The summed E-state index contributed by atoms with van der Waals surface area (Å²) in [5.41, 5.74) is 6.19. The Morgan fingerprint density at radius 1 is 1.18 bits per heavy atom. The molecule has 22 heavy (non-hydrogen) atoms. The van der Waals surface area contributed by atoms with Gasteiger partial charge in [0.05, 0.1) is 15.9 Å². The van der Waals surface area contributed by atoms with Crippen molar-refractivity contribution < 1.29 is 8.42 Å². The standard InChI is InChI=1S/C13H20N4O3S.ClH/c1-13(2,14)8-15-21(19,20)9-5-6-10-11(7-9)17(4)12(18)16(10)3;/h5-7,15H,8,14H2,1-4H3;1H. The number of halogens is 1. The lowest BCUT2D eigenvalue weighted by atomic mass is 10.1. The average Bonchev–Trinajstić information content (AvgIpc) is 2.61. The van der Waals surface area contributed by atoms with Crippen LogP contribution in [0, 0.1) is 0 Å². The van der Waals surface area contributed by atoms with E-state index >= 15 is 0 Å². The molecule has 1 aromatic carbocycles. The fraction of sp³-hybridized carbons (Fsp3) is 0.462. The van der Waals surface area contributed by atoms with Crippen molar-refractivity contribution in [3.05, 3.63) is 28.7 Å². The molecule has 0 saturated carbocycles. The summed E-state index contributed by atoms with van der Waals surface area (Å²) in [5, 5.41) is 0. The van der Waals surface area contributed by atoms with Gasteiger partial charge >= 0.3 is 5.69 Å². The lowest BCUT2D eigenvalue weighted by molar-refractivity contribution is 0.498. The molecule has 0 saturated heterocycles. The fourth-order valence-electron chi connectivity index (χ4n) is 2.02. The summed E-state index contributed by atoms with van der Waals surface area (Å²) in [4.78, 5) is 12.0. The third kappa shape index (κ3) is 3.52. The van der Waals surface area contributed by atoms with Crippen LogP contribution in [-0.4, -0.2) is 29.6 Å². The van der Waals surface area contributed by atoms with Gasteiger partial charge in [-0.15, -0.1) is 12.4 Å². The van der Waals surface area contributed by atoms with Gasteiger partial charge in [0.2, 0.25) is 10.0 Å². The topological polar surface area (TPSA) is 99.1 Å². The molecule has 0 radical (unpaired) electrons. The number of hydrogen-bond donors (Lipinski definition) is 2. The number of aromatic nitrogens is 2. The highest BCUT2D eigenvalue weighted by molar-refractivity contribution is 7.89. The molecule has 0 atom stereocenters. The number of hydrogen-bond acceptors (Lipinski definition) is 4. The molecule has 0 aliphatic heterocycles. The molecular formula is C13H21ClN4O3S. The Bertz CT molecular complexity index is 847. The largest absolute Gasteiger partial charge is 0.328 e. The molecule has 2 aromatic rings. The van der Waals surface area contributed by atoms with Crippen LogP contribution in [0.4, 0.5) is 0 Å². The summed E-state index contributed by atoms with van der Waals surface area (Å²) >= 11 is 0. The minimum Gasteiger partial charge on any atom is -0.324 e. The number of imidazole rings is 1. The van der Waals surface area contributed by atoms with E-state index in [9.17, 15) is 13.2 Å². The number of benzene rings is 1. The molecule has 0 spiro atoms. The Morgan fingerprint density at radius 2 is 1.73 bits per heavy atom. The molecule has 1 aromatic heterocycles. The first-order valence-electron chi connectivity index (χ1n) is 6.47. The highest BCUT2D eigenvalue weighted by atomic mass is 35.5. The lowest BCUT2D eigenvalue weighted by Crippen LogP contribution is -2.45. The molecular weight excluding hydrogens is 328 g/mol. The molecule has 0 aliphatic carbocycles. The van der Waals surface area contributed by atoms with Gasteiger partial charge < -0.3 is 5.73 Å². The van der Waals surface area contributed by atoms with Gasteiger partial charge in [0, 0.05) is 26.2 Å². The monoisotopic (exact) mass is 348 g/mol. The Kier molecular flexibility index (Phi) is 5.13. The van der Waals surface area contributed by atoms with Crippen molar-refractivity contribution in [1.82, 2.24) is 13.9 Å². The van der Waals surface area contributed by atoms with Crippen molar-refractivity contribution in [2.45, 2.75) is 24.3 Å². The van der Waals surface area contributed by atoms with E-state index < -0.39 is 15.6 Å². The Hall–Kier alpha value is -1.35. The summed E-state index contributed by atoms with van der Waals surface area (Å²) in [5.74, 6) is 0. The summed E-state index contributed by atoms with van der Waals surface area (Å²) in [6.45, 7) is 3.60. The van der Waals surface area contributed by atoms with Crippen LogP contribution in [0.5, 0.6) is 0 Å². The molecule has 7 nitrogen and oxygen atoms in total. The molecule has 1 heterocycles. The highest BCUT2D eigenvalue weighted by Crippen LogP contribution is 2.17. The van der Waals surface area contributed by atoms with Crippen LogP contribution in [0.1, 0.15) is 13.8 Å². The lowest BCUT2D eigenvalue weighted by Gasteiger charge is -2.19. The zero-order valence-electron chi connectivity index (χ0n) is 13.0. The van der Waals surface area contributed by atoms with Gasteiger partial charge in [0.1, 0.15) is 0 Å². The molecule has 0 fully saturated rings. The number of nitrogens with zero attached hydrogens (tertiary/aromatic N) is 2. The molecule has 0 bridgehead atoms. The third-order valence-corrected chi connectivity index (χ3v) is 4.67. The van der Waals surface area contributed by atoms with Crippen LogP contribution in [0.3, 0.4) is 0 Å². The SMILES string of the molecule is Cl.Cn1c(=O)n(C)c2cc(S(=O)(=O)NCC(C)(C)N)ccc21. The first kappa shape index (κ1) is 18.7. The van der Waals surface area contributed by atoms with Crippen LogP contribution in [0.2, 0.25) is 0 Å². The van der Waals surface area contributed by atoms with Gasteiger partial charge in [0.25, 0.3) is 0 Å². The van der Waals surface area contributed by atoms with E-state index in [0.717, 1.165) is 0 Å². The van der Waals surface area contributed by atoms with Gasteiger partial charge in [-0.1, -0.05) is 0 Å². The quantitative estimate of drug-likeness (QED) is 0.830. The maximum absolute atomic E-state index is 12.3. The number of nitrogens with two attached hydrogens (primary N) is 1. The minimum absolute atomic E-state index is 0. The van der Waals surface area contributed by atoms with E-state index in [1.165, 1.54) is 21.3 Å². The maximum Gasteiger partial charge on any atom is 0.328 e. The van der Waals surface area contributed by atoms with Crippen molar-refractivity contribution in [2.75, 3.05) is 6.54 Å². The first-order chi connectivity index (χ1) is 9.53. The Labute approximate surface area is 135 Å². The molecule has 0 unspecified atom stereocenters. The summed E-state index contributed by atoms with van der Waals surface area (Å²) in [7, 11) is -0.404. The predicted molar refractivity (Wildman–Crippen MR) is 88.9 cm³/mol. The van der Waals surface area contributed by atoms with Crippen molar-refractivity contribution in [2.24, 2.45) is 19.8 Å². The zero-order valence-corrected chi connectivity index (χ0v) is 14.6. The predicted octanol–water partition coefficient (Wildman–Crippen LogP) is 0.314. The fourth-order valence-corrected chi connectivity index (χ4v) is 3.26. The van der Waals surface area contributed by atoms with Crippen LogP contribution >= 0.6 is 12.4 Å². The van der Waals surface area contributed by atoms with E-state index in [0.29, 0.717) is 11.0 Å². The third-order valence-electron chi connectivity index (χ3n) is 3.27. The maximum atomic E-state index is 12.3. The summed E-state index contributed by atoms with van der Waals surface area (Å²) < 4.78 is 29.9. The average molecular weight is 349 g/mol. The molecule has 0 amide bonds. The number of nitrogens with one attached hydrogen (secondary N) is 1. The van der Waals surface area contributed by atoms with E-state index in [4.69, 9.17) is 5.73 Å². The van der Waals surface area contributed by atoms with Gasteiger partial charge in [-0.25, -0.2) is 17.9 Å².